The van der Waals surface area contributed by atoms with Gasteiger partial charge in [0.15, 0.2) is 0 Å². The van der Waals surface area contributed by atoms with Crippen LogP contribution in [0, 0.1) is 0 Å². The zero-order valence-corrected chi connectivity index (χ0v) is 19.4. The van der Waals surface area contributed by atoms with E-state index in [2.05, 4.69) is 10.6 Å². The highest BCUT2D eigenvalue weighted by atomic mass is 35.5. The van der Waals surface area contributed by atoms with E-state index >= 15 is 0 Å². The lowest BCUT2D eigenvalue weighted by atomic mass is 10.2. The Bertz CT molecular complexity index is 1110. The van der Waals surface area contributed by atoms with Gasteiger partial charge in [-0.05, 0) is 67.6 Å². The Kier molecular flexibility index (Phi) is 8.03. The van der Waals surface area contributed by atoms with Gasteiger partial charge in [0.2, 0.25) is 5.91 Å². The van der Waals surface area contributed by atoms with Crippen molar-refractivity contribution in [1.82, 2.24) is 0 Å². The molecule has 0 aliphatic carbocycles. The van der Waals surface area contributed by atoms with Crippen LogP contribution in [0.2, 0.25) is 5.02 Å². The normalized spacial score (nSPS) is 11.4. The van der Waals surface area contributed by atoms with Crippen molar-refractivity contribution < 1.29 is 19.1 Å². The molecule has 1 unspecified atom stereocenters. The van der Waals surface area contributed by atoms with Gasteiger partial charge in [-0.3, -0.25) is 9.59 Å². The fourth-order valence-electron chi connectivity index (χ4n) is 2.85. The first-order valence-electron chi connectivity index (χ1n) is 9.76. The zero-order chi connectivity index (χ0) is 23.1. The molecule has 0 fully saturated rings. The number of halogens is 1. The summed E-state index contributed by atoms with van der Waals surface area (Å²) in [5.41, 5.74) is 1.68. The maximum Gasteiger partial charge on any atom is 0.255 e. The second kappa shape index (κ2) is 10.9. The largest absolute Gasteiger partial charge is 0.497 e. The van der Waals surface area contributed by atoms with Crippen molar-refractivity contribution in [2.45, 2.75) is 17.1 Å². The highest BCUT2D eigenvalue weighted by molar-refractivity contribution is 8.00. The number of amides is 2. The van der Waals surface area contributed by atoms with E-state index in [1.54, 1.807) is 61.7 Å². The molecular weight excluding hydrogens is 448 g/mol. The van der Waals surface area contributed by atoms with Crippen LogP contribution < -0.4 is 20.1 Å². The Morgan fingerprint density at radius 2 is 1.69 bits per heavy atom. The predicted molar refractivity (Wildman–Crippen MR) is 129 cm³/mol. The van der Waals surface area contributed by atoms with Crippen LogP contribution in [0.5, 0.6) is 11.5 Å². The molecule has 3 aromatic rings. The molecule has 32 heavy (non-hydrogen) atoms. The SMILES string of the molecule is COc1cccc(C(=O)Nc2ccc(SC(C)C(=O)Nc3cc(Cl)ccc3OC)cc2)c1. The number of ether oxygens (including phenoxy) is 2. The number of anilines is 2. The monoisotopic (exact) mass is 470 g/mol. The topological polar surface area (TPSA) is 76.7 Å². The van der Waals surface area contributed by atoms with Crippen LogP contribution in [0.4, 0.5) is 11.4 Å². The Balaban J connectivity index is 1.59. The molecule has 0 saturated carbocycles. The molecule has 3 aromatic carbocycles. The molecule has 3 rings (SSSR count). The Morgan fingerprint density at radius 3 is 2.38 bits per heavy atom. The van der Waals surface area contributed by atoms with Gasteiger partial charge in [-0.1, -0.05) is 17.7 Å². The average Bonchev–Trinajstić information content (AvgIpc) is 2.80. The molecule has 166 valence electrons. The molecule has 6 nitrogen and oxygen atoms in total. The summed E-state index contributed by atoms with van der Waals surface area (Å²) < 4.78 is 10.4. The van der Waals surface area contributed by atoms with Crippen LogP contribution >= 0.6 is 23.4 Å². The Hall–Kier alpha value is -3.16. The molecule has 0 radical (unpaired) electrons. The van der Waals surface area contributed by atoms with Gasteiger partial charge in [0.05, 0.1) is 25.2 Å². The van der Waals surface area contributed by atoms with Crippen molar-refractivity contribution in [2.75, 3.05) is 24.9 Å². The third-order valence-electron chi connectivity index (χ3n) is 4.55. The first-order valence-corrected chi connectivity index (χ1v) is 11.0. The van der Waals surface area contributed by atoms with Crippen molar-refractivity contribution in [3.05, 3.63) is 77.3 Å². The number of hydrogen-bond donors (Lipinski definition) is 2. The van der Waals surface area contributed by atoms with Gasteiger partial charge < -0.3 is 20.1 Å². The lowest BCUT2D eigenvalue weighted by molar-refractivity contribution is -0.115. The molecule has 1 atom stereocenters. The summed E-state index contributed by atoms with van der Waals surface area (Å²) >= 11 is 7.43. The number of carbonyl (C=O) groups is 2. The number of nitrogens with one attached hydrogen (secondary N) is 2. The zero-order valence-electron chi connectivity index (χ0n) is 17.8. The fourth-order valence-corrected chi connectivity index (χ4v) is 3.89. The van der Waals surface area contributed by atoms with Crippen LogP contribution in [0.25, 0.3) is 0 Å². The predicted octanol–water partition coefficient (Wildman–Crippen LogP) is 5.73. The smallest absolute Gasteiger partial charge is 0.255 e. The van der Waals surface area contributed by atoms with Crippen molar-refractivity contribution in [1.29, 1.82) is 0 Å². The van der Waals surface area contributed by atoms with Crippen molar-refractivity contribution >= 4 is 46.6 Å². The molecule has 8 heteroatoms. The van der Waals surface area contributed by atoms with Gasteiger partial charge in [-0.25, -0.2) is 0 Å². The molecule has 0 aliphatic rings. The third kappa shape index (κ3) is 6.18. The number of hydrogen-bond acceptors (Lipinski definition) is 5. The van der Waals surface area contributed by atoms with E-state index in [-0.39, 0.29) is 17.1 Å². The van der Waals surface area contributed by atoms with Gasteiger partial charge in [0.1, 0.15) is 11.5 Å². The van der Waals surface area contributed by atoms with Gasteiger partial charge in [0, 0.05) is 21.2 Å². The van der Waals surface area contributed by atoms with Gasteiger partial charge in [0.25, 0.3) is 5.91 Å². The Morgan fingerprint density at radius 1 is 0.938 bits per heavy atom. The number of rotatable bonds is 8. The Labute approximate surface area is 196 Å². The number of carbonyl (C=O) groups excluding carboxylic acids is 2. The standard InChI is InChI=1S/C24H23ClN2O4S/c1-15(23(28)27-21-14-17(25)7-12-22(21)31-3)32-20-10-8-18(9-11-20)26-24(29)16-5-4-6-19(13-16)30-2/h4-15H,1-3H3,(H,26,29)(H,27,28). The highest BCUT2D eigenvalue weighted by Gasteiger charge is 2.17. The molecule has 0 heterocycles. The second-order valence-corrected chi connectivity index (χ2v) is 8.66. The minimum absolute atomic E-state index is 0.175. The summed E-state index contributed by atoms with van der Waals surface area (Å²) in [5, 5.41) is 5.85. The molecule has 2 amide bonds. The average molecular weight is 471 g/mol. The molecule has 0 aliphatic heterocycles. The first-order chi connectivity index (χ1) is 15.4. The second-order valence-electron chi connectivity index (χ2n) is 6.80. The molecule has 2 N–H and O–H groups in total. The van der Waals surface area contributed by atoms with Crippen LogP contribution in [-0.2, 0) is 4.79 Å². The minimum atomic E-state index is -0.365. The fraction of sp³-hybridized carbons (Fsp3) is 0.167. The van der Waals surface area contributed by atoms with E-state index in [1.165, 1.54) is 18.9 Å². The summed E-state index contributed by atoms with van der Waals surface area (Å²) in [5.74, 6) is 0.752. The molecule has 0 saturated heterocycles. The number of benzene rings is 3. The minimum Gasteiger partial charge on any atom is -0.497 e. The number of methoxy groups -OCH3 is 2. The first kappa shape index (κ1) is 23.5. The molecule has 0 bridgehead atoms. The lowest BCUT2D eigenvalue weighted by Crippen LogP contribution is -2.22. The maximum atomic E-state index is 12.6. The highest BCUT2D eigenvalue weighted by Crippen LogP contribution is 2.30. The molecule has 0 aromatic heterocycles. The summed E-state index contributed by atoms with van der Waals surface area (Å²) in [6.07, 6.45) is 0. The van der Waals surface area contributed by atoms with Gasteiger partial charge in [-0.2, -0.15) is 0 Å². The van der Waals surface area contributed by atoms with E-state index in [0.29, 0.717) is 33.5 Å². The van der Waals surface area contributed by atoms with Crippen LogP contribution in [-0.4, -0.2) is 31.3 Å². The summed E-state index contributed by atoms with van der Waals surface area (Å²) in [7, 11) is 3.09. The van der Waals surface area contributed by atoms with E-state index in [0.717, 1.165) is 4.90 Å². The maximum absolute atomic E-state index is 12.6. The van der Waals surface area contributed by atoms with Crippen molar-refractivity contribution in [3.63, 3.8) is 0 Å². The molecule has 0 spiro atoms. The van der Waals surface area contributed by atoms with E-state index in [9.17, 15) is 9.59 Å². The van der Waals surface area contributed by atoms with Crippen LogP contribution in [0.3, 0.4) is 0 Å². The van der Waals surface area contributed by atoms with Gasteiger partial charge in [-0.15, -0.1) is 11.8 Å². The van der Waals surface area contributed by atoms with Crippen LogP contribution in [0.15, 0.2) is 71.6 Å². The van der Waals surface area contributed by atoms with E-state index in [1.807, 2.05) is 19.1 Å². The quantitative estimate of drug-likeness (QED) is 0.411. The van der Waals surface area contributed by atoms with Crippen molar-refractivity contribution in [3.8, 4) is 11.5 Å². The van der Waals surface area contributed by atoms with E-state index in [4.69, 9.17) is 21.1 Å². The molecular formula is C24H23ClN2O4S. The summed E-state index contributed by atoms with van der Waals surface area (Å²) in [4.78, 5) is 26.0. The number of thioether (sulfide) groups is 1. The third-order valence-corrected chi connectivity index (χ3v) is 5.89. The summed E-state index contributed by atoms with van der Waals surface area (Å²) in [6.45, 7) is 1.81. The van der Waals surface area contributed by atoms with Crippen LogP contribution in [0.1, 0.15) is 17.3 Å². The lowest BCUT2D eigenvalue weighted by Gasteiger charge is -2.15. The van der Waals surface area contributed by atoms with Crippen molar-refractivity contribution in [2.24, 2.45) is 0 Å². The van der Waals surface area contributed by atoms with Gasteiger partial charge >= 0.3 is 0 Å². The van der Waals surface area contributed by atoms with E-state index < -0.39 is 0 Å². The summed E-state index contributed by atoms with van der Waals surface area (Å²) in [6, 6.07) is 19.3.